The lowest BCUT2D eigenvalue weighted by Crippen LogP contribution is -2.40. The van der Waals surface area contributed by atoms with Crippen LogP contribution in [0.1, 0.15) is 62.6 Å². The molecule has 2 atom stereocenters. The molecule has 0 radical (unpaired) electrons. The van der Waals surface area contributed by atoms with E-state index in [1.165, 1.54) is 6.07 Å². The minimum absolute atomic E-state index is 0.0704. The van der Waals surface area contributed by atoms with E-state index in [1.54, 1.807) is 6.07 Å². The zero-order valence-corrected chi connectivity index (χ0v) is 14.1. The highest BCUT2D eigenvalue weighted by atomic mass is 19.1. The maximum atomic E-state index is 13.7. The molecule has 0 saturated heterocycles. The van der Waals surface area contributed by atoms with Gasteiger partial charge in [0, 0.05) is 18.4 Å². The smallest absolute Gasteiger partial charge is 0.223 e. The zero-order chi connectivity index (χ0) is 17.1. The molecule has 0 aliphatic heterocycles. The standard InChI is InChI=1S/C19H25FN2O2/c1-12(21-19(24)13-5-2-3-6-13)11-18(23)22-17-10-9-14-15(17)7-4-8-16(14)20/h4,7-8,12-13,17H,2-3,5-6,9-11H2,1H3,(H,21,24)(H,22,23)/t12-,17+/m0/s1. The molecule has 0 spiro atoms. The molecule has 2 aliphatic rings. The van der Waals surface area contributed by atoms with Crippen LogP contribution < -0.4 is 10.6 Å². The lowest BCUT2D eigenvalue weighted by molar-refractivity contribution is -0.126. The lowest BCUT2D eigenvalue weighted by atomic mass is 10.1. The van der Waals surface area contributed by atoms with E-state index in [0.717, 1.165) is 37.7 Å². The van der Waals surface area contributed by atoms with Crippen molar-refractivity contribution >= 4 is 11.8 Å². The van der Waals surface area contributed by atoms with E-state index < -0.39 is 0 Å². The number of hydrogen-bond acceptors (Lipinski definition) is 2. The fourth-order valence-electron chi connectivity index (χ4n) is 3.89. The van der Waals surface area contributed by atoms with Crippen molar-refractivity contribution in [3.63, 3.8) is 0 Å². The number of halogens is 1. The van der Waals surface area contributed by atoms with Crippen molar-refractivity contribution in [3.8, 4) is 0 Å². The molecule has 5 heteroatoms. The van der Waals surface area contributed by atoms with Crippen LogP contribution in [0.25, 0.3) is 0 Å². The van der Waals surface area contributed by atoms with Crippen molar-refractivity contribution in [3.05, 3.63) is 35.1 Å². The second-order valence-corrected chi connectivity index (χ2v) is 7.06. The third-order valence-electron chi connectivity index (χ3n) is 5.15. The van der Waals surface area contributed by atoms with Gasteiger partial charge in [-0.3, -0.25) is 9.59 Å². The Morgan fingerprint density at radius 3 is 2.75 bits per heavy atom. The minimum Gasteiger partial charge on any atom is -0.353 e. The highest BCUT2D eigenvalue weighted by Gasteiger charge is 2.27. The number of carbonyl (C=O) groups excluding carboxylic acids is 2. The molecule has 0 aromatic heterocycles. The van der Waals surface area contributed by atoms with Gasteiger partial charge in [0.2, 0.25) is 11.8 Å². The van der Waals surface area contributed by atoms with E-state index in [-0.39, 0.29) is 42.1 Å². The second-order valence-electron chi connectivity index (χ2n) is 7.06. The maximum Gasteiger partial charge on any atom is 0.223 e. The molecule has 1 fully saturated rings. The SMILES string of the molecule is C[C@@H](CC(=O)N[C@@H]1CCc2c(F)cccc21)NC(=O)C1CCCC1. The van der Waals surface area contributed by atoms with Gasteiger partial charge in [0.15, 0.2) is 0 Å². The second kappa shape index (κ2) is 7.32. The molecule has 1 aromatic carbocycles. The van der Waals surface area contributed by atoms with Crippen molar-refractivity contribution < 1.29 is 14.0 Å². The largest absolute Gasteiger partial charge is 0.353 e. The summed E-state index contributed by atoms with van der Waals surface area (Å²) in [6.45, 7) is 1.86. The topological polar surface area (TPSA) is 58.2 Å². The van der Waals surface area contributed by atoms with E-state index in [0.29, 0.717) is 12.0 Å². The van der Waals surface area contributed by atoms with Gasteiger partial charge in [-0.25, -0.2) is 4.39 Å². The summed E-state index contributed by atoms with van der Waals surface area (Å²) in [5, 5.41) is 5.93. The average Bonchev–Trinajstić information content (AvgIpc) is 3.18. The molecule has 2 aliphatic carbocycles. The van der Waals surface area contributed by atoms with Gasteiger partial charge in [-0.1, -0.05) is 25.0 Å². The molecule has 4 nitrogen and oxygen atoms in total. The van der Waals surface area contributed by atoms with Crippen LogP contribution in [-0.4, -0.2) is 17.9 Å². The molecule has 24 heavy (non-hydrogen) atoms. The number of hydrogen-bond donors (Lipinski definition) is 2. The van der Waals surface area contributed by atoms with Crippen molar-refractivity contribution in [2.75, 3.05) is 0 Å². The number of fused-ring (bicyclic) bond motifs is 1. The van der Waals surface area contributed by atoms with Crippen LogP contribution in [0.4, 0.5) is 4.39 Å². The van der Waals surface area contributed by atoms with Gasteiger partial charge >= 0.3 is 0 Å². The molecule has 0 unspecified atom stereocenters. The van der Waals surface area contributed by atoms with E-state index in [4.69, 9.17) is 0 Å². The van der Waals surface area contributed by atoms with Crippen LogP contribution in [0, 0.1) is 11.7 Å². The molecule has 2 amide bonds. The van der Waals surface area contributed by atoms with Gasteiger partial charge in [-0.2, -0.15) is 0 Å². The maximum absolute atomic E-state index is 13.7. The van der Waals surface area contributed by atoms with Crippen molar-refractivity contribution in [2.45, 2.75) is 64.0 Å². The summed E-state index contributed by atoms with van der Waals surface area (Å²) < 4.78 is 13.7. The molecule has 130 valence electrons. The van der Waals surface area contributed by atoms with Crippen LogP contribution in [0.5, 0.6) is 0 Å². The summed E-state index contributed by atoms with van der Waals surface area (Å²) in [7, 11) is 0. The number of benzene rings is 1. The lowest BCUT2D eigenvalue weighted by Gasteiger charge is -2.19. The van der Waals surface area contributed by atoms with Crippen LogP contribution >= 0.6 is 0 Å². The van der Waals surface area contributed by atoms with Crippen LogP contribution in [0.15, 0.2) is 18.2 Å². The van der Waals surface area contributed by atoms with Gasteiger partial charge in [0.05, 0.1) is 6.04 Å². The van der Waals surface area contributed by atoms with Gasteiger partial charge in [0.25, 0.3) is 0 Å². The Morgan fingerprint density at radius 2 is 2.00 bits per heavy atom. The number of amides is 2. The first kappa shape index (κ1) is 16.9. The molecular weight excluding hydrogens is 307 g/mol. The number of carbonyl (C=O) groups is 2. The Morgan fingerprint density at radius 1 is 1.25 bits per heavy atom. The van der Waals surface area contributed by atoms with Crippen molar-refractivity contribution in [2.24, 2.45) is 5.92 Å². The quantitative estimate of drug-likeness (QED) is 0.871. The Bertz CT molecular complexity index is 626. The van der Waals surface area contributed by atoms with Gasteiger partial charge in [-0.15, -0.1) is 0 Å². The fraction of sp³-hybridized carbons (Fsp3) is 0.579. The Balaban J connectivity index is 1.49. The summed E-state index contributed by atoms with van der Waals surface area (Å²) in [6.07, 6.45) is 5.77. The molecular formula is C19H25FN2O2. The Labute approximate surface area is 142 Å². The summed E-state index contributed by atoms with van der Waals surface area (Å²) in [5.74, 6) is -0.112. The Hall–Kier alpha value is -1.91. The van der Waals surface area contributed by atoms with E-state index >= 15 is 0 Å². The third kappa shape index (κ3) is 3.77. The van der Waals surface area contributed by atoms with Crippen LogP contribution in [0.3, 0.4) is 0 Å². The minimum atomic E-state index is -0.193. The summed E-state index contributed by atoms with van der Waals surface area (Å²) in [5.41, 5.74) is 1.59. The number of rotatable bonds is 5. The summed E-state index contributed by atoms with van der Waals surface area (Å²) in [4.78, 5) is 24.3. The fourth-order valence-corrected chi connectivity index (χ4v) is 3.89. The van der Waals surface area contributed by atoms with E-state index in [2.05, 4.69) is 10.6 Å². The third-order valence-corrected chi connectivity index (χ3v) is 5.15. The molecule has 1 saturated carbocycles. The first-order chi connectivity index (χ1) is 11.5. The van der Waals surface area contributed by atoms with Gasteiger partial charge in [-0.05, 0) is 49.8 Å². The molecule has 0 heterocycles. The summed E-state index contributed by atoms with van der Waals surface area (Å²) >= 11 is 0. The predicted octanol–water partition coefficient (Wildman–Crippen LogP) is 3.01. The highest BCUT2D eigenvalue weighted by molar-refractivity contribution is 5.81. The van der Waals surface area contributed by atoms with Gasteiger partial charge < -0.3 is 10.6 Å². The monoisotopic (exact) mass is 332 g/mol. The average molecular weight is 332 g/mol. The molecule has 2 N–H and O–H groups in total. The molecule has 0 bridgehead atoms. The first-order valence-electron chi connectivity index (χ1n) is 8.91. The first-order valence-corrected chi connectivity index (χ1v) is 8.91. The zero-order valence-electron chi connectivity index (χ0n) is 14.1. The normalized spacial score (nSPS) is 21.3. The molecule has 1 aromatic rings. The predicted molar refractivity (Wildman–Crippen MR) is 89.8 cm³/mol. The van der Waals surface area contributed by atoms with Crippen LogP contribution in [-0.2, 0) is 16.0 Å². The summed E-state index contributed by atoms with van der Waals surface area (Å²) in [6, 6.07) is 4.71. The van der Waals surface area contributed by atoms with E-state index in [9.17, 15) is 14.0 Å². The Kier molecular flexibility index (Phi) is 5.17. The van der Waals surface area contributed by atoms with Gasteiger partial charge in [0.1, 0.15) is 5.82 Å². The van der Waals surface area contributed by atoms with Crippen molar-refractivity contribution in [1.82, 2.24) is 10.6 Å². The van der Waals surface area contributed by atoms with E-state index in [1.807, 2.05) is 13.0 Å². The highest BCUT2D eigenvalue weighted by Crippen LogP contribution is 2.32. The van der Waals surface area contributed by atoms with Crippen LogP contribution in [0.2, 0.25) is 0 Å². The number of nitrogens with one attached hydrogen (secondary N) is 2. The molecule has 3 rings (SSSR count). The van der Waals surface area contributed by atoms with Crippen molar-refractivity contribution in [1.29, 1.82) is 0 Å².